The number of halogens is 1. The van der Waals surface area contributed by atoms with E-state index in [0.29, 0.717) is 11.5 Å². The molecule has 0 amide bonds. The summed E-state index contributed by atoms with van der Waals surface area (Å²) in [5.74, 6) is -0.222. The van der Waals surface area contributed by atoms with Gasteiger partial charge in [0.2, 0.25) is 10.1 Å². The van der Waals surface area contributed by atoms with Crippen LogP contribution in [0.25, 0.3) is 4.96 Å². The molecule has 3 rings (SSSR count). The van der Waals surface area contributed by atoms with Crippen LogP contribution in [0.3, 0.4) is 0 Å². The van der Waals surface area contributed by atoms with E-state index in [0.717, 1.165) is 30.1 Å². The number of aromatic nitrogens is 3. The Morgan fingerprint density at radius 1 is 1.30 bits per heavy atom. The molecule has 0 aliphatic carbocycles. The Morgan fingerprint density at radius 3 is 2.91 bits per heavy atom. The van der Waals surface area contributed by atoms with Crippen molar-refractivity contribution in [1.29, 1.82) is 0 Å². The molecule has 3 aromatic rings. The van der Waals surface area contributed by atoms with Crippen LogP contribution in [-0.4, -0.2) is 27.7 Å². The molecule has 0 saturated carbocycles. The predicted molar refractivity (Wildman–Crippen MR) is 89.7 cm³/mol. The van der Waals surface area contributed by atoms with Crippen LogP contribution >= 0.6 is 11.3 Å². The van der Waals surface area contributed by atoms with Crippen molar-refractivity contribution >= 4 is 21.4 Å². The van der Waals surface area contributed by atoms with Gasteiger partial charge in [-0.25, -0.2) is 9.37 Å². The number of benzene rings is 1. The van der Waals surface area contributed by atoms with Crippen LogP contribution in [0.5, 0.6) is 0 Å². The Hall–Kier alpha value is -2.28. The molecule has 0 aliphatic heterocycles. The van der Waals surface area contributed by atoms with Gasteiger partial charge in [-0.3, -0.25) is 4.79 Å². The number of rotatable bonds is 6. The standard InChI is InChI=1S/C16H17FN4OS/c1-2-9-20(10-7-12-4-3-5-13(17)11-12)16-19-21-14(22)6-8-18-15(21)23-16/h3-6,8,11H,2,7,9-10H2,1H3. The zero-order valence-electron chi connectivity index (χ0n) is 12.8. The number of fused-ring (bicyclic) bond motifs is 1. The monoisotopic (exact) mass is 332 g/mol. The molecule has 0 spiro atoms. The normalized spacial score (nSPS) is 11.0. The van der Waals surface area contributed by atoms with Crippen LogP contribution in [0, 0.1) is 5.82 Å². The minimum atomic E-state index is -0.222. The molecular formula is C16H17FN4OS. The van der Waals surface area contributed by atoms with Gasteiger partial charge in [0, 0.05) is 25.4 Å². The first-order chi connectivity index (χ1) is 11.2. The quantitative estimate of drug-likeness (QED) is 0.696. The molecule has 5 nitrogen and oxygen atoms in total. The van der Waals surface area contributed by atoms with E-state index in [9.17, 15) is 9.18 Å². The van der Waals surface area contributed by atoms with E-state index < -0.39 is 0 Å². The van der Waals surface area contributed by atoms with E-state index in [1.807, 2.05) is 6.07 Å². The number of nitrogens with zero attached hydrogens (tertiary/aromatic N) is 4. The van der Waals surface area contributed by atoms with Crippen molar-refractivity contribution in [1.82, 2.24) is 14.6 Å². The fraction of sp³-hybridized carbons (Fsp3) is 0.312. The second-order valence-electron chi connectivity index (χ2n) is 5.23. The lowest BCUT2D eigenvalue weighted by Crippen LogP contribution is -2.27. The Kier molecular flexibility index (Phi) is 4.66. The van der Waals surface area contributed by atoms with E-state index >= 15 is 0 Å². The fourth-order valence-electron chi connectivity index (χ4n) is 2.39. The van der Waals surface area contributed by atoms with Crippen molar-refractivity contribution in [3.8, 4) is 0 Å². The van der Waals surface area contributed by atoms with E-state index in [2.05, 4.69) is 21.9 Å². The number of anilines is 1. The fourth-order valence-corrected chi connectivity index (χ4v) is 3.32. The third-order valence-electron chi connectivity index (χ3n) is 3.48. The molecular weight excluding hydrogens is 315 g/mol. The summed E-state index contributed by atoms with van der Waals surface area (Å²) in [4.78, 5) is 18.7. The summed E-state index contributed by atoms with van der Waals surface area (Å²) in [5, 5.41) is 5.14. The third kappa shape index (κ3) is 3.56. The van der Waals surface area contributed by atoms with Gasteiger partial charge in [0.15, 0.2) is 0 Å². The van der Waals surface area contributed by atoms with Crippen LogP contribution in [0.15, 0.2) is 41.3 Å². The van der Waals surface area contributed by atoms with Gasteiger partial charge in [-0.2, -0.15) is 4.52 Å². The number of hydrogen-bond acceptors (Lipinski definition) is 5. The average molecular weight is 332 g/mol. The average Bonchev–Trinajstić information content (AvgIpc) is 2.97. The highest BCUT2D eigenvalue weighted by molar-refractivity contribution is 7.20. The zero-order valence-corrected chi connectivity index (χ0v) is 13.6. The first-order valence-electron chi connectivity index (χ1n) is 7.51. The van der Waals surface area contributed by atoms with Gasteiger partial charge in [0.1, 0.15) is 5.82 Å². The Balaban J connectivity index is 1.82. The van der Waals surface area contributed by atoms with E-state index in [1.165, 1.54) is 34.2 Å². The summed E-state index contributed by atoms with van der Waals surface area (Å²) in [6, 6.07) is 8.02. The van der Waals surface area contributed by atoms with Crippen molar-refractivity contribution in [2.75, 3.05) is 18.0 Å². The maximum atomic E-state index is 13.3. The SMILES string of the molecule is CCCN(CCc1cccc(F)c1)c1nn2c(=O)ccnc2s1. The summed E-state index contributed by atoms with van der Waals surface area (Å²) >= 11 is 1.39. The number of hydrogen-bond donors (Lipinski definition) is 0. The lowest BCUT2D eigenvalue weighted by molar-refractivity contribution is 0.624. The molecule has 2 aromatic heterocycles. The smallest absolute Gasteiger partial charge is 0.275 e. The molecule has 2 heterocycles. The Morgan fingerprint density at radius 2 is 2.17 bits per heavy atom. The summed E-state index contributed by atoms with van der Waals surface area (Å²) in [7, 11) is 0. The van der Waals surface area contributed by atoms with E-state index in [-0.39, 0.29) is 11.4 Å². The first kappa shape index (κ1) is 15.6. The van der Waals surface area contributed by atoms with Crippen LogP contribution in [0.1, 0.15) is 18.9 Å². The molecule has 0 saturated heterocycles. The van der Waals surface area contributed by atoms with Gasteiger partial charge in [0.05, 0.1) is 0 Å². The van der Waals surface area contributed by atoms with Crippen LogP contribution in [0.4, 0.5) is 9.52 Å². The molecule has 0 atom stereocenters. The van der Waals surface area contributed by atoms with Crippen molar-refractivity contribution in [3.63, 3.8) is 0 Å². The summed E-state index contributed by atoms with van der Waals surface area (Å²) in [5.41, 5.74) is 0.765. The van der Waals surface area contributed by atoms with Gasteiger partial charge in [-0.15, -0.1) is 5.10 Å². The predicted octanol–water partition coefficient (Wildman–Crippen LogP) is 2.75. The molecule has 23 heavy (non-hydrogen) atoms. The second-order valence-corrected chi connectivity index (χ2v) is 6.16. The van der Waals surface area contributed by atoms with Crippen molar-refractivity contribution in [2.45, 2.75) is 19.8 Å². The van der Waals surface area contributed by atoms with Crippen LogP contribution in [-0.2, 0) is 6.42 Å². The molecule has 0 bridgehead atoms. The molecule has 1 aromatic carbocycles. The minimum absolute atomic E-state index is 0.181. The lowest BCUT2D eigenvalue weighted by atomic mass is 10.1. The lowest BCUT2D eigenvalue weighted by Gasteiger charge is -2.20. The molecule has 0 radical (unpaired) electrons. The highest BCUT2D eigenvalue weighted by atomic mass is 32.1. The molecule has 0 aliphatic rings. The van der Waals surface area contributed by atoms with Gasteiger partial charge in [-0.05, 0) is 30.5 Å². The Bertz CT molecular complexity index is 860. The molecule has 0 unspecified atom stereocenters. The molecule has 0 N–H and O–H groups in total. The summed E-state index contributed by atoms with van der Waals surface area (Å²) < 4.78 is 14.6. The van der Waals surface area contributed by atoms with Gasteiger partial charge in [0.25, 0.3) is 5.56 Å². The van der Waals surface area contributed by atoms with Crippen molar-refractivity contribution in [3.05, 3.63) is 58.3 Å². The highest BCUT2D eigenvalue weighted by Crippen LogP contribution is 2.21. The highest BCUT2D eigenvalue weighted by Gasteiger charge is 2.13. The zero-order chi connectivity index (χ0) is 16.2. The third-order valence-corrected chi connectivity index (χ3v) is 4.47. The van der Waals surface area contributed by atoms with E-state index in [4.69, 9.17) is 0 Å². The van der Waals surface area contributed by atoms with Gasteiger partial charge >= 0.3 is 0 Å². The minimum Gasteiger partial charge on any atom is -0.346 e. The first-order valence-corrected chi connectivity index (χ1v) is 8.33. The van der Waals surface area contributed by atoms with Gasteiger partial charge in [-0.1, -0.05) is 30.4 Å². The maximum Gasteiger partial charge on any atom is 0.275 e. The van der Waals surface area contributed by atoms with Crippen molar-refractivity contribution < 1.29 is 4.39 Å². The summed E-state index contributed by atoms with van der Waals surface area (Å²) in [6.07, 6.45) is 3.17. The summed E-state index contributed by atoms with van der Waals surface area (Å²) in [6.45, 7) is 3.63. The molecule has 120 valence electrons. The van der Waals surface area contributed by atoms with E-state index in [1.54, 1.807) is 12.1 Å². The second kappa shape index (κ2) is 6.87. The van der Waals surface area contributed by atoms with Crippen LogP contribution < -0.4 is 10.5 Å². The molecule has 7 heteroatoms. The van der Waals surface area contributed by atoms with Crippen LogP contribution in [0.2, 0.25) is 0 Å². The molecule has 0 fully saturated rings. The van der Waals surface area contributed by atoms with Crippen molar-refractivity contribution in [2.24, 2.45) is 0 Å². The maximum absolute atomic E-state index is 13.3. The van der Waals surface area contributed by atoms with Gasteiger partial charge < -0.3 is 4.90 Å². The largest absolute Gasteiger partial charge is 0.346 e. The Labute approximate surface area is 137 Å². The topological polar surface area (TPSA) is 50.5 Å².